The Morgan fingerprint density at radius 1 is 1.25 bits per heavy atom. The molecule has 0 N–H and O–H groups in total. The van der Waals surface area contributed by atoms with Gasteiger partial charge in [-0.15, -0.1) is 11.8 Å². The minimum absolute atomic E-state index is 0.0884. The predicted octanol–water partition coefficient (Wildman–Crippen LogP) is 3.38. The van der Waals surface area contributed by atoms with Gasteiger partial charge in [0.15, 0.2) is 11.5 Å². The molecule has 2 aliphatic rings. The van der Waals surface area contributed by atoms with Gasteiger partial charge in [0.2, 0.25) is 18.4 Å². The average molecular weight is 401 g/mol. The van der Waals surface area contributed by atoms with Gasteiger partial charge in [0.05, 0.1) is 19.3 Å². The summed E-state index contributed by atoms with van der Waals surface area (Å²) in [6.45, 7) is 4.13. The molecule has 4 rings (SSSR count). The molecule has 1 fully saturated rings. The molecule has 2 aromatic rings. The highest BCUT2D eigenvalue weighted by molar-refractivity contribution is 7.98. The molecule has 6 nitrogen and oxygen atoms in total. The number of thioether (sulfide) groups is 1. The number of piperazine rings is 1. The van der Waals surface area contributed by atoms with Crippen molar-refractivity contribution < 1.29 is 19.0 Å². The zero-order chi connectivity index (χ0) is 19.7. The first kappa shape index (κ1) is 19.0. The van der Waals surface area contributed by atoms with Crippen LogP contribution >= 0.6 is 11.8 Å². The average Bonchev–Trinajstić information content (AvgIpc) is 3.16. The van der Waals surface area contributed by atoms with E-state index in [1.165, 1.54) is 0 Å². The van der Waals surface area contributed by atoms with E-state index in [1.807, 2.05) is 41.5 Å². The monoisotopic (exact) mass is 400 g/mol. The summed E-state index contributed by atoms with van der Waals surface area (Å²) >= 11 is 1.66. The smallest absolute Gasteiger partial charge is 0.241 e. The van der Waals surface area contributed by atoms with Gasteiger partial charge < -0.3 is 19.1 Å². The molecule has 0 spiro atoms. The number of anilines is 1. The molecule has 0 aliphatic carbocycles. The summed E-state index contributed by atoms with van der Waals surface area (Å²) in [6.07, 6.45) is 2.04. The SMILES string of the molecule is COc1cc(CN2CC(=O)N(c3ccccc3SC)C(C)C2)cc2c1OCO2. The van der Waals surface area contributed by atoms with E-state index in [0.29, 0.717) is 30.3 Å². The van der Waals surface area contributed by atoms with Crippen LogP contribution in [-0.4, -0.2) is 50.1 Å². The highest BCUT2D eigenvalue weighted by Crippen LogP contribution is 2.42. The molecule has 1 unspecified atom stereocenters. The molecule has 1 saturated heterocycles. The van der Waals surface area contributed by atoms with E-state index in [9.17, 15) is 4.79 Å². The van der Waals surface area contributed by atoms with Gasteiger partial charge in [-0.2, -0.15) is 0 Å². The molecule has 2 heterocycles. The molecule has 0 radical (unpaired) electrons. The Balaban J connectivity index is 1.52. The van der Waals surface area contributed by atoms with Gasteiger partial charge in [-0.25, -0.2) is 0 Å². The highest BCUT2D eigenvalue weighted by atomic mass is 32.2. The van der Waals surface area contributed by atoms with Gasteiger partial charge in [0, 0.05) is 24.0 Å². The van der Waals surface area contributed by atoms with Crippen molar-refractivity contribution in [1.29, 1.82) is 0 Å². The zero-order valence-electron chi connectivity index (χ0n) is 16.3. The van der Waals surface area contributed by atoms with Gasteiger partial charge >= 0.3 is 0 Å². The number of fused-ring (bicyclic) bond motifs is 1. The second-order valence-electron chi connectivity index (χ2n) is 6.99. The summed E-state index contributed by atoms with van der Waals surface area (Å²) in [7, 11) is 1.62. The van der Waals surface area contributed by atoms with Crippen LogP contribution in [0.1, 0.15) is 12.5 Å². The summed E-state index contributed by atoms with van der Waals surface area (Å²) in [5.74, 6) is 2.13. The van der Waals surface area contributed by atoms with Crippen molar-refractivity contribution in [3.05, 3.63) is 42.0 Å². The Morgan fingerprint density at radius 2 is 2.07 bits per heavy atom. The lowest BCUT2D eigenvalue weighted by Crippen LogP contribution is -2.55. The summed E-state index contributed by atoms with van der Waals surface area (Å²) < 4.78 is 16.4. The number of hydrogen-bond acceptors (Lipinski definition) is 6. The Morgan fingerprint density at radius 3 is 2.82 bits per heavy atom. The van der Waals surface area contributed by atoms with Crippen LogP contribution in [0.3, 0.4) is 0 Å². The van der Waals surface area contributed by atoms with E-state index in [-0.39, 0.29) is 18.7 Å². The summed E-state index contributed by atoms with van der Waals surface area (Å²) in [5.41, 5.74) is 2.04. The fourth-order valence-electron chi connectivity index (χ4n) is 3.89. The number of benzene rings is 2. The van der Waals surface area contributed by atoms with Crippen molar-refractivity contribution in [3.63, 3.8) is 0 Å². The molecule has 28 heavy (non-hydrogen) atoms. The minimum atomic E-state index is 0.0884. The first-order valence-corrected chi connectivity index (χ1v) is 10.5. The summed E-state index contributed by atoms with van der Waals surface area (Å²) in [6, 6.07) is 12.1. The van der Waals surface area contributed by atoms with Crippen LogP contribution in [0.2, 0.25) is 0 Å². The summed E-state index contributed by atoms with van der Waals surface area (Å²) in [5, 5.41) is 0. The maximum Gasteiger partial charge on any atom is 0.241 e. The van der Waals surface area contributed by atoms with Crippen LogP contribution in [0.25, 0.3) is 0 Å². The molecule has 1 amide bonds. The maximum absolute atomic E-state index is 13.0. The van der Waals surface area contributed by atoms with E-state index in [4.69, 9.17) is 14.2 Å². The molecular formula is C21H24N2O4S. The number of ether oxygens (including phenoxy) is 3. The third kappa shape index (κ3) is 3.52. The standard InChI is InChI=1S/C21H24N2O4S/c1-14-10-22(11-15-8-17(25-2)21-18(9-15)26-13-27-21)12-20(24)23(14)16-6-4-5-7-19(16)28-3/h4-9,14H,10-13H2,1-3H3. The number of amides is 1. The third-order valence-corrected chi connectivity index (χ3v) is 5.84. The molecule has 1 atom stereocenters. The number of hydrogen-bond donors (Lipinski definition) is 0. The molecule has 2 aromatic carbocycles. The molecule has 0 bridgehead atoms. The normalized spacial score (nSPS) is 19.2. The highest BCUT2D eigenvalue weighted by Gasteiger charge is 2.32. The molecule has 0 saturated carbocycles. The Labute approximate surface area is 169 Å². The van der Waals surface area contributed by atoms with Crippen molar-refractivity contribution in [2.75, 3.05) is 38.1 Å². The lowest BCUT2D eigenvalue weighted by atomic mass is 10.1. The van der Waals surface area contributed by atoms with Crippen LogP contribution in [0.5, 0.6) is 17.2 Å². The van der Waals surface area contributed by atoms with E-state index in [2.05, 4.69) is 17.9 Å². The molecular weight excluding hydrogens is 376 g/mol. The van der Waals surface area contributed by atoms with Gasteiger partial charge in [0.1, 0.15) is 0 Å². The van der Waals surface area contributed by atoms with Crippen LogP contribution in [-0.2, 0) is 11.3 Å². The fourth-order valence-corrected chi connectivity index (χ4v) is 4.48. The Kier molecular flexibility index (Phi) is 5.37. The van der Waals surface area contributed by atoms with Crippen LogP contribution in [0, 0.1) is 0 Å². The van der Waals surface area contributed by atoms with Gasteiger partial charge in [-0.1, -0.05) is 12.1 Å². The van der Waals surface area contributed by atoms with E-state index >= 15 is 0 Å². The Hall–Kier alpha value is -2.38. The van der Waals surface area contributed by atoms with E-state index in [0.717, 1.165) is 22.7 Å². The van der Waals surface area contributed by atoms with Crippen molar-refractivity contribution in [2.45, 2.75) is 24.4 Å². The van der Waals surface area contributed by atoms with Crippen LogP contribution < -0.4 is 19.1 Å². The van der Waals surface area contributed by atoms with Crippen LogP contribution in [0.15, 0.2) is 41.3 Å². The molecule has 2 aliphatic heterocycles. The number of carbonyl (C=O) groups excluding carboxylic acids is 1. The molecule has 148 valence electrons. The van der Waals surface area contributed by atoms with Gasteiger partial charge in [0.25, 0.3) is 0 Å². The lowest BCUT2D eigenvalue weighted by molar-refractivity contribution is -0.122. The van der Waals surface area contributed by atoms with Crippen molar-refractivity contribution in [1.82, 2.24) is 4.90 Å². The molecule has 0 aromatic heterocycles. The predicted molar refractivity (Wildman–Crippen MR) is 110 cm³/mol. The van der Waals surface area contributed by atoms with Gasteiger partial charge in [-0.05, 0) is 43.0 Å². The minimum Gasteiger partial charge on any atom is -0.493 e. The lowest BCUT2D eigenvalue weighted by Gasteiger charge is -2.40. The van der Waals surface area contributed by atoms with Crippen molar-refractivity contribution >= 4 is 23.4 Å². The third-order valence-electron chi connectivity index (χ3n) is 5.06. The number of nitrogens with zero attached hydrogens (tertiary/aromatic N) is 2. The van der Waals surface area contributed by atoms with E-state index < -0.39 is 0 Å². The second-order valence-corrected chi connectivity index (χ2v) is 7.83. The second kappa shape index (κ2) is 7.93. The number of carbonyl (C=O) groups is 1. The zero-order valence-corrected chi connectivity index (χ0v) is 17.1. The quantitative estimate of drug-likeness (QED) is 0.717. The van der Waals surface area contributed by atoms with Crippen molar-refractivity contribution in [3.8, 4) is 17.2 Å². The number of para-hydroxylation sites is 1. The number of methoxy groups -OCH3 is 1. The van der Waals surface area contributed by atoms with Crippen molar-refractivity contribution in [2.24, 2.45) is 0 Å². The Bertz CT molecular complexity index is 889. The number of rotatable bonds is 5. The fraction of sp³-hybridized carbons (Fsp3) is 0.381. The maximum atomic E-state index is 13.0. The first-order chi connectivity index (χ1) is 13.6. The topological polar surface area (TPSA) is 51.2 Å². The van der Waals surface area contributed by atoms with Gasteiger partial charge in [-0.3, -0.25) is 9.69 Å². The first-order valence-electron chi connectivity index (χ1n) is 9.24. The van der Waals surface area contributed by atoms with E-state index in [1.54, 1.807) is 18.9 Å². The summed E-state index contributed by atoms with van der Waals surface area (Å²) in [4.78, 5) is 18.2. The van der Waals surface area contributed by atoms with Crippen LogP contribution in [0.4, 0.5) is 5.69 Å². The molecule has 7 heteroatoms. The largest absolute Gasteiger partial charge is 0.493 e.